The molecule has 0 atom stereocenters. The van der Waals surface area contributed by atoms with Gasteiger partial charge in [-0.15, -0.1) is 0 Å². The molecule has 1 aromatic heterocycles. The molecule has 0 unspecified atom stereocenters. The number of hydrogen-bond donors (Lipinski definition) is 2. The first kappa shape index (κ1) is 21.4. The summed E-state index contributed by atoms with van der Waals surface area (Å²) in [6, 6.07) is 3.99. The molecule has 0 bridgehead atoms. The average molecular weight is 389 g/mol. The summed E-state index contributed by atoms with van der Waals surface area (Å²) in [6.45, 7) is 18.8. The molecule has 1 heterocycles. The molecule has 0 saturated heterocycles. The first-order chi connectivity index (χ1) is 12.1. The van der Waals surface area contributed by atoms with Crippen LogP contribution in [0.3, 0.4) is 0 Å². The number of aromatic amines is 1. The first-order valence-electron chi connectivity index (χ1n) is 9.22. The van der Waals surface area contributed by atoms with Crippen LogP contribution in [0.25, 0.3) is 0 Å². The molecule has 148 valence electrons. The van der Waals surface area contributed by atoms with Crippen molar-refractivity contribution in [3.05, 3.63) is 39.4 Å². The molecule has 0 spiro atoms. The van der Waals surface area contributed by atoms with Crippen molar-refractivity contribution in [2.45, 2.75) is 78.6 Å². The van der Waals surface area contributed by atoms with Gasteiger partial charge in [-0.1, -0.05) is 62.3 Å². The van der Waals surface area contributed by atoms with E-state index < -0.39 is 0 Å². The monoisotopic (exact) mass is 388 g/mol. The SMILES string of the molecule is CC(C)(C)c1cc(/C=N/n2c(C(C)(C)C)n[nH]c2=S)cc(C(C)(C)C)c1O. The molecular weight excluding hydrogens is 356 g/mol. The van der Waals surface area contributed by atoms with Crippen LogP contribution in [0.15, 0.2) is 17.2 Å². The molecule has 0 fully saturated rings. The zero-order valence-corrected chi connectivity index (χ0v) is 18.7. The number of phenols is 1. The van der Waals surface area contributed by atoms with E-state index in [4.69, 9.17) is 12.2 Å². The number of benzene rings is 1. The highest BCUT2D eigenvalue weighted by atomic mass is 32.1. The molecule has 0 aliphatic heterocycles. The van der Waals surface area contributed by atoms with Crippen molar-refractivity contribution in [2.24, 2.45) is 5.10 Å². The lowest BCUT2D eigenvalue weighted by molar-refractivity contribution is 0.423. The number of nitrogens with one attached hydrogen (secondary N) is 1. The Hall–Kier alpha value is -1.95. The smallest absolute Gasteiger partial charge is 0.216 e. The van der Waals surface area contributed by atoms with Crippen molar-refractivity contribution in [1.82, 2.24) is 14.9 Å². The summed E-state index contributed by atoms with van der Waals surface area (Å²) in [4.78, 5) is 0. The second-order valence-electron chi connectivity index (χ2n) is 10.1. The van der Waals surface area contributed by atoms with E-state index in [2.05, 4.69) is 77.6 Å². The van der Waals surface area contributed by atoms with E-state index in [1.54, 1.807) is 10.9 Å². The van der Waals surface area contributed by atoms with E-state index in [-0.39, 0.29) is 16.2 Å². The maximum absolute atomic E-state index is 10.9. The molecule has 0 saturated carbocycles. The van der Waals surface area contributed by atoms with E-state index in [1.165, 1.54) is 0 Å². The van der Waals surface area contributed by atoms with Gasteiger partial charge >= 0.3 is 0 Å². The first-order valence-corrected chi connectivity index (χ1v) is 9.63. The standard InChI is InChI=1S/C21H32N4OS/c1-19(2,3)14-10-13(11-15(16(14)26)20(4,5)6)12-22-25-17(21(7,8)9)23-24-18(25)27/h10-12,26H,1-9H3,(H,24,27)/b22-12+. The highest BCUT2D eigenvalue weighted by Crippen LogP contribution is 2.39. The number of H-pyrrole nitrogens is 1. The zero-order valence-electron chi connectivity index (χ0n) is 17.9. The molecule has 2 rings (SSSR count). The number of aromatic hydroxyl groups is 1. The van der Waals surface area contributed by atoms with Gasteiger partial charge in [0.25, 0.3) is 0 Å². The zero-order chi connectivity index (χ0) is 20.8. The second kappa shape index (κ2) is 6.89. The van der Waals surface area contributed by atoms with Crippen LogP contribution in [-0.2, 0) is 16.2 Å². The lowest BCUT2D eigenvalue weighted by Gasteiger charge is -2.27. The van der Waals surface area contributed by atoms with Gasteiger partial charge < -0.3 is 5.11 Å². The summed E-state index contributed by atoms with van der Waals surface area (Å²) < 4.78 is 2.12. The molecule has 0 aliphatic rings. The lowest BCUT2D eigenvalue weighted by Crippen LogP contribution is -2.18. The van der Waals surface area contributed by atoms with Crippen molar-refractivity contribution in [1.29, 1.82) is 0 Å². The van der Waals surface area contributed by atoms with Crippen molar-refractivity contribution in [2.75, 3.05) is 0 Å². The average Bonchev–Trinajstić information content (AvgIpc) is 2.84. The van der Waals surface area contributed by atoms with Crippen molar-refractivity contribution < 1.29 is 5.11 Å². The van der Waals surface area contributed by atoms with Gasteiger partial charge in [0.2, 0.25) is 4.77 Å². The largest absolute Gasteiger partial charge is 0.507 e. The minimum absolute atomic E-state index is 0.184. The Morgan fingerprint density at radius 2 is 1.44 bits per heavy atom. The fourth-order valence-corrected chi connectivity index (χ4v) is 3.06. The van der Waals surface area contributed by atoms with Crippen LogP contribution < -0.4 is 0 Å². The van der Waals surface area contributed by atoms with Gasteiger partial charge in [0.05, 0.1) is 6.21 Å². The molecule has 0 aliphatic carbocycles. The Balaban J connectivity index is 2.63. The van der Waals surface area contributed by atoms with E-state index in [9.17, 15) is 5.11 Å². The summed E-state index contributed by atoms with van der Waals surface area (Å²) in [5.74, 6) is 1.14. The van der Waals surface area contributed by atoms with E-state index in [0.717, 1.165) is 22.5 Å². The van der Waals surface area contributed by atoms with Gasteiger partial charge in [0, 0.05) is 16.5 Å². The number of aromatic nitrogens is 3. The Morgan fingerprint density at radius 1 is 0.963 bits per heavy atom. The Labute approximate surface area is 167 Å². The van der Waals surface area contributed by atoms with Gasteiger partial charge in [-0.05, 0) is 40.7 Å². The third kappa shape index (κ3) is 4.67. The molecule has 2 aromatic rings. The van der Waals surface area contributed by atoms with Gasteiger partial charge in [-0.25, -0.2) is 0 Å². The number of nitrogens with zero attached hydrogens (tertiary/aromatic N) is 3. The molecule has 27 heavy (non-hydrogen) atoms. The van der Waals surface area contributed by atoms with Crippen LogP contribution >= 0.6 is 12.2 Å². The van der Waals surface area contributed by atoms with Crippen LogP contribution in [0.2, 0.25) is 0 Å². The predicted molar refractivity (Wildman–Crippen MR) is 115 cm³/mol. The summed E-state index contributed by atoms with van der Waals surface area (Å²) in [5, 5.41) is 22.6. The van der Waals surface area contributed by atoms with Gasteiger partial charge in [0.15, 0.2) is 5.82 Å². The number of hydrogen-bond acceptors (Lipinski definition) is 4. The van der Waals surface area contributed by atoms with E-state index in [0.29, 0.717) is 10.5 Å². The molecule has 2 N–H and O–H groups in total. The molecular formula is C21H32N4OS. The van der Waals surface area contributed by atoms with Crippen LogP contribution in [0, 0.1) is 4.77 Å². The minimum atomic E-state index is -0.188. The second-order valence-corrected chi connectivity index (χ2v) is 10.5. The van der Waals surface area contributed by atoms with E-state index >= 15 is 0 Å². The Bertz CT molecular complexity index is 880. The van der Waals surface area contributed by atoms with Crippen LogP contribution in [-0.4, -0.2) is 26.2 Å². The molecule has 6 heteroatoms. The molecule has 0 amide bonds. The third-order valence-corrected chi connectivity index (χ3v) is 4.66. The molecule has 0 radical (unpaired) electrons. The van der Waals surface area contributed by atoms with Gasteiger partial charge in [0.1, 0.15) is 5.75 Å². The van der Waals surface area contributed by atoms with Crippen molar-refractivity contribution >= 4 is 18.4 Å². The van der Waals surface area contributed by atoms with Crippen LogP contribution in [0.5, 0.6) is 5.75 Å². The maximum Gasteiger partial charge on any atom is 0.216 e. The van der Waals surface area contributed by atoms with Crippen molar-refractivity contribution in [3.8, 4) is 5.75 Å². The summed E-state index contributed by atoms with van der Waals surface area (Å²) in [5.41, 5.74) is 2.18. The predicted octanol–water partition coefficient (Wildman–Crippen LogP) is 5.42. The quantitative estimate of drug-likeness (QED) is 0.533. The number of rotatable bonds is 2. The fraction of sp³-hybridized carbons (Fsp3) is 0.571. The number of phenolic OH excluding ortho intramolecular Hbond substituents is 1. The summed E-state index contributed by atoms with van der Waals surface area (Å²) in [7, 11) is 0. The van der Waals surface area contributed by atoms with Gasteiger partial charge in [-0.2, -0.15) is 14.9 Å². The Morgan fingerprint density at radius 3 is 1.85 bits per heavy atom. The minimum Gasteiger partial charge on any atom is -0.507 e. The highest BCUT2D eigenvalue weighted by molar-refractivity contribution is 7.71. The molecule has 5 nitrogen and oxygen atoms in total. The normalized spacial score (nSPS) is 13.5. The van der Waals surface area contributed by atoms with Crippen LogP contribution in [0.4, 0.5) is 0 Å². The van der Waals surface area contributed by atoms with E-state index in [1.807, 2.05) is 12.1 Å². The van der Waals surface area contributed by atoms with Crippen molar-refractivity contribution in [3.63, 3.8) is 0 Å². The van der Waals surface area contributed by atoms with Crippen LogP contribution in [0.1, 0.15) is 84.8 Å². The highest BCUT2D eigenvalue weighted by Gasteiger charge is 2.26. The molecule has 1 aromatic carbocycles. The maximum atomic E-state index is 10.9. The Kier molecular flexibility index (Phi) is 5.45. The van der Waals surface area contributed by atoms with Gasteiger partial charge in [-0.3, -0.25) is 5.10 Å². The lowest BCUT2D eigenvalue weighted by atomic mass is 9.78. The summed E-state index contributed by atoms with van der Waals surface area (Å²) in [6.07, 6.45) is 1.78. The fourth-order valence-electron chi connectivity index (χ4n) is 2.88. The topological polar surface area (TPSA) is 66.2 Å². The summed E-state index contributed by atoms with van der Waals surface area (Å²) >= 11 is 5.34. The third-order valence-electron chi connectivity index (χ3n) is 4.39.